The summed E-state index contributed by atoms with van der Waals surface area (Å²) in [5.74, 6) is 0. The van der Waals surface area contributed by atoms with Gasteiger partial charge in [0.2, 0.25) is 0 Å². The summed E-state index contributed by atoms with van der Waals surface area (Å²) in [6, 6.07) is 11.2. The zero-order chi connectivity index (χ0) is 13.9. The molecule has 1 N–H and O–H groups in total. The average Bonchev–Trinajstić information content (AvgIpc) is 3.00. The quantitative estimate of drug-likeness (QED) is 0.902. The van der Waals surface area contributed by atoms with Gasteiger partial charge in [-0.25, -0.2) is 0 Å². The van der Waals surface area contributed by atoms with E-state index in [0.717, 1.165) is 32.7 Å². The molecule has 0 bridgehead atoms. The SMILES string of the molecule is CCNCc1cc(CN2Cc3ccccc3C2)c(C)s1. The van der Waals surface area contributed by atoms with Gasteiger partial charge in [0, 0.05) is 35.9 Å². The molecule has 0 amide bonds. The van der Waals surface area contributed by atoms with Gasteiger partial charge in [-0.2, -0.15) is 0 Å². The second kappa shape index (κ2) is 6.08. The Bertz CT molecular complexity index is 563. The highest BCUT2D eigenvalue weighted by molar-refractivity contribution is 7.12. The van der Waals surface area contributed by atoms with E-state index in [1.807, 2.05) is 11.3 Å². The van der Waals surface area contributed by atoms with Crippen molar-refractivity contribution in [1.82, 2.24) is 10.2 Å². The Morgan fingerprint density at radius 2 is 1.90 bits per heavy atom. The van der Waals surface area contributed by atoms with E-state index in [4.69, 9.17) is 0 Å². The molecule has 2 heterocycles. The fourth-order valence-corrected chi connectivity index (χ4v) is 3.86. The summed E-state index contributed by atoms with van der Waals surface area (Å²) in [6.45, 7) is 9.70. The number of nitrogens with zero attached hydrogens (tertiary/aromatic N) is 1. The molecule has 3 rings (SSSR count). The third-order valence-electron chi connectivity index (χ3n) is 3.92. The van der Waals surface area contributed by atoms with E-state index in [9.17, 15) is 0 Å². The number of hydrogen-bond acceptors (Lipinski definition) is 3. The number of benzene rings is 1. The molecule has 0 radical (unpaired) electrons. The predicted octanol–water partition coefficient (Wildman–Crippen LogP) is 3.68. The van der Waals surface area contributed by atoms with E-state index >= 15 is 0 Å². The molecule has 0 aliphatic carbocycles. The van der Waals surface area contributed by atoms with Crippen LogP contribution in [0, 0.1) is 6.92 Å². The monoisotopic (exact) mass is 286 g/mol. The van der Waals surface area contributed by atoms with Gasteiger partial charge in [-0.1, -0.05) is 31.2 Å². The minimum atomic E-state index is 1.00. The lowest BCUT2D eigenvalue weighted by Gasteiger charge is -2.14. The van der Waals surface area contributed by atoms with E-state index in [1.165, 1.54) is 26.4 Å². The van der Waals surface area contributed by atoms with Gasteiger partial charge in [-0.05, 0) is 36.2 Å². The lowest BCUT2D eigenvalue weighted by Crippen LogP contribution is -2.15. The molecule has 106 valence electrons. The Kier molecular flexibility index (Phi) is 4.20. The number of aryl methyl sites for hydroxylation is 1. The Morgan fingerprint density at radius 1 is 1.20 bits per heavy atom. The number of rotatable bonds is 5. The molecule has 0 fully saturated rings. The first-order chi connectivity index (χ1) is 9.76. The number of fused-ring (bicyclic) bond motifs is 1. The van der Waals surface area contributed by atoms with Gasteiger partial charge in [0.1, 0.15) is 0 Å². The molecule has 0 saturated carbocycles. The van der Waals surface area contributed by atoms with Crippen LogP contribution < -0.4 is 5.32 Å². The van der Waals surface area contributed by atoms with E-state index < -0.39 is 0 Å². The fraction of sp³-hybridized carbons (Fsp3) is 0.412. The predicted molar refractivity (Wildman–Crippen MR) is 85.8 cm³/mol. The van der Waals surface area contributed by atoms with Crippen molar-refractivity contribution in [2.75, 3.05) is 6.54 Å². The molecule has 0 saturated heterocycles. The summed E-state index contributed by atoms with van der Waals surface area (Å²) in [5, 5.41) is 3.41. The Hall–Kier alpha value is -1.16. The maximum Gasteiger partial charge on any atom is 0.0299 e. The molecular weight excluding hydrogens is 264 g/mol. The Labute approximate surface area is 125 Å². The smallest absolute Gasteiger partial charge is 0.0299 e. The summed E-state index contributed by atoms with van der Waals surface area (Å²) in [7, 11) is 0. The Balaban J connectivity index is 1.66. The first kappa shape index (κ1) is 13.8. The molecule has 3 heteroatoms. The van der Waals surface area contributed by atoms with Gasteiger partial charge in [0.25, 0.3) is 0 Å². The lowest BCUT2D eigenvalue weighted by atomic mass is 10.1. The van der Waals surface area contributed by atoms with Crippen LogP contribution in [0.4, 0.5) is 0 Å². The van der Waals surface area contributed by atoms with Crippen molar-refractivity contribution in [2.45, 2.75) is 40.0 Å². The molecule has 20 heavy (non-hydrogen) atoms. The Morgan fingerprint density at radius 3 is 2.55 bits per heavy atom. The second-order valence-electron chi connectivity index (χ2n) is 5.49. The molecule has 0 spiro atoms. The molecule has 2 aromatic rings. The molecule has 1 aromatic carbocycles. The molecule has 1 aliphatic rings. The zero-order valence-electron chi connectivity index (χ0n) is 12.3. The van der Waals surface area contributed by atoms with Crippen molar-refractivity contribution in [3.05, 3.63) is 56.8 Å². The topological polar surface area (TPSA) is 15.3 Å². The highest BCUT2D eigenvalue weighted by Crippen LogP contribution is 2.28. The summed E-state index contributed by atoms with van der Waals surface area (Å²) in [6.07, 6.45) is 0. The van der Waals surface area contributed by atoms with Crippen molar-refractivity contribution in [2.24, 2.45) is 0 Å². The van der Waals surface area contributed by atoms with Crippen LogP contribution in [0.1, 0.15) is 33.4 Å². The third kappa shape index (κ3) is 2.95. The maximum absolute atomic E-state index is 3.41. The van der Waals surface area contributed by atoms with Crippen LogP contribution in [0.3, 0.4) is 0 Å². The van der Waals surface area contributed by atoms with Crippen LogP contribution in [0.2, 0.25) is 0 Å². The van der Waals surface area contributed by atoms with Crippen molar-refractivity contribution in [1.29, 1.82) is 0 Å². The molecule has 0 atom stereocenters. The molecule has 1 aromatic heterocycles. The first-order valence-electron chi connectivity index (χ1n) is 7.34. The molecule has 2 nitrogen and oxygen atoms in total. The van der Waals surface area contributed by atoms with Crippen LogP contribution >= 0.6 is 11.3 Å². The number of hydrogen-bond donors (Lipinski definition) is 1. The van der Waals surface area contributed by atoms with Crippen LogP contribution in [-0.4, -0.2) is 11.4 Å². The van der Waals surface area contributed by atoms with E-state index in [1.54, 1.807) is 0 Å². The van der Waals surface area contributed by atoms with Crippen LogP contribution in [-0.2, 0) is 26.2 Å². The van der Waals surface area contributed by atoms with Gasteiger partial charge < -0.3 is 5.32 Å². The van der Waals surface area contributed by atoms with E-state index in [-0.39, 0.29) is 0 Å². The number of thiophene rings is 1. The molecular formula is C17H22N2S. The molecule has 0 unspecified atom stereocenters. The van der Waals surface area contributed by atoms with Crippen molar-refractivity contribution in [3.63, 3.8) is 0 Å². The molecule has 1 aliphatic heterocycles. The normalized spacial score (nSPS) is 14.7. The third-order valence-corrected chi connectivity index (χ3v) is 5.01. The highest BCUT2D eigenvalue weighted by Gasteiger charge is 2.19. The van der Waals surface area contributed by atoms with Gasteiger partial charge in [-0.15, -0.1) is 11.3 Å². The van der Waals surface area contributed by atoms with Gasteiger partial charge in [0.05, 0.1) is 0 Å². The van der Waals surface area contributed by atoms with E-state index in [2.05, 4.69) is 54.4 Å². The standard InChI is InChI=1S/C17H22N2S/c1-3-18-9-17-8-16(13(2)20-17)12-19-10-14-6-4-5-7-15(14)11-19/h4-8,18H,3,9-12H2,1-2H3. The van der Waals surface area contributed by atoms with Gasteiger partial charge in [0.15, 0.2) is 0 Å². The largest absolute Gasteiger partial charge is 0.312 e. The highest BCUT2D eigenvalue weighted by atomic mass is 32.1. The second-order valence-corrected chi connectivity index (χ2v) is 6.83. The maximum atomic E-state index is 3.41. The minimum absolute atomic E-state index is 1.00. The summed E-state index contributed by atoms with van der Waals surface area (Å²) in [5.41, 5.74) is 4.48. The zero-order valence-corrected chi connectivity index (χ0v) is 13.1. The van der Waals surface area contributed by atoms with Crippen LogP contribution in [0.15, 0.2) is 30.3 Å². The first-order valence-corrected chi connectivity index (χ1v) is 8.16. The lowest BCUT2D eigenvalue weighted by molar-refractivity contribution is 0.275. The van der Waals surface area contributed by atoms with E-state index in [0.29, 0.717) is 0 Å². The van der Waals surface area contributed by atoms with Gasteiger partial charge in [-0.3, -0.25) is 4.90 Å². The summed E-state index contributed by atoms with van der Waals surface area (Å²) >= 11 is 1.93. The minimum Gasteiger partial charge on any atom is -0.312 e. The summed E-state index contributed by atoms with van der Waals surface area (Å²) in [4.78, 5) is 5.46. The van der Waals surface area contributed by atoms with Gasteiger partial charge >= 0.3 is 0 Å². The van der Waals surface area contributed by atoms with Crippen molar-refractivity contribution in [3.8, 4) is 0 Å². The fourth-order valence-electron chi connectivity index (χ4n) is 2.84. The van der Waals surface area contributed by atoms with Crippen LogP contribution in [0.25, 0.3) is 0 Å². The van der Waals surface area contributed by atoms with Crippen molar-refractivity contribution >= 4 is 11.3 Å². The van der Waals surface area contributed by atoms with Crippen molar-refractivity contribution < 1.29 is 0 Å². The average molecular weight is 286 g/mol. The van der Waals surface area contributed by atoms with Crippen LogP contribution in [0.5, 0.6) is 0 Å². The number of nitrogens with one attached hydrogen (secondary N) is 1. The summed E-state index contributed by atoms with van der Waals surface area (Å²) < 4.78 is 0.